The molecule has 1 aliphatic rings. The predicted octanol–water partition coefficient (Wildman–Crippen LogP) is 4.41. The van der Waals surface area contributed by atoms with Crippen LogP contribution in [0.25, 0.3) is 10.2 Å². The number of benzene rings is 1. The van der Waals surface area contributed by atoms with Crippen molar-refractivity contribution in [2.75, 3.05) is 36.5 Å². The standard InChI is InChI=1S/C23H27N5O2S/c1-15-18-12-20(31-22(18)28(26-15)14-23(2,3)4)21(29)25-17-5-6-19(16(11-17)13-24)27-7-9-30-10-8-27/h5-6,11-12H,7-10,14H2,1-4H3,(H,25,29). The largest absolute Gasteiger partial charge is 0.378 e. The molecule has 0 spiro atoms. The molecule has 1 saturated heterocycles. The molecular formula is C23H27N5O2S. The number of carbonyl (C=O) groups is 1. The molecular weight excluding hydrogens is 410 g/mol. The van der Waals surface area contributed by atoms with E-state index in [-0.39, 0.29) is 11.3 Å². The van der Waals surface area contributed by atoms with E-state index in [1.165, 1.54) is 11.3 Å². The molecule has 1 fully saturated rings. The summed E-state index contributed by atoms with van der Waals surface area (Å²) in [6.07, 6.45) is 0. The molecule has 0 atom stereocenters. The normalized spacial score (nSPS) is 14.6. The van der Waals surface area contributed by atoms with Crippen molar-refractivity contribution in [1.82, 2.24) is 9.78 Å². The molecule has 3 aromatic rings. The summed E-state index contributed by atoms with van der Waals surface area (Å²) in [5, 5.41) is 18.2. The zero-order valence-electron chi connectivity index (χ0n) is 18.4. The fraction of sp³-hybridized carbons (Fsp3) is 0.435. The molecule has 0 bridgehead atoms. The Balaban J connectivity index is 1.56. The van der Waals surface area contributed by atoms with Crippen LogP contribution in [-0.4, -0.2) is 42.0 Å². The van der Waals surface area contributed by atoms with Gasteiger partial charge in [-0.15, -0.1) is 11.3 Å². The molecule has 4 rings (SSSR count). The zero-order chi connectivity index (χ0) is 22.2. The Bertz CT molecular complexity index is 1160. The van der Waals surface area contributed by atoms with Gasteiger partial charge in [0.25, 0.3) is 5.91 Å². The molecule has 0 unspecified atom stereocenters. The van der Waals surface area contributed by atoms with Gasteiger partial charge in [-0.2, -0.15) is 10.4 Å². The molecule has 1 aliphatic heterocycles. The van der Waals surface area contributed by atoms with E-state index in [1.807, 2.05) is 29.8 Å². The fourth-order valence-corrected chi connectivity index (χ4v) is 4.81. The first kappa shape index (κ1) is 21.3. The van der Waals surface area contributed by atoms with E-state index in [1.54, 1.807) is 6.07 Å². The van der Waals surface area contributed by atoms with E-state index >= 15 is 0 Å². The van der Waals surface area contributed by atoms with Crippen molar-refractivity contribution in [3.8, 4) is 6.07 Å². The lowest BCUT2D eigenvalue weighted by atomic mass is 9.97. The second kappa shape index (κ2) is 8.33. The number of thiophene rings is 1. The number of hydrogen-bond donors (Lipinski definition) is 1. The third-order valence-electron chi connectivity index (χ3n) is 5.18. The van der Waals surface area contributed by atoms with Gasteiger partial charge in [0.1, 0.15) is 10.9 Å². The van der Waals surface area contributed by atoms with Crippen LogP contribution in [0.1, 0.15) is 41.7 Å². The number of fused-ring (bicyclic) bond motifs is 1. The number of aryl methyl sites for hydroxylation is 1. The van der Waals surface area contributed by atoms with Crippen LogP contribution in [0.5, 0.6) is 0 Å². The minimum Gasteiger partial charge on any atom is -0.378 e. The Morgan fingerprint density at radius 2 is 2.03 bits per heavy atom. The summed E-state index contributed by atoms with van der Waals surface area (Å²) < 4.78 is 7.39. The van der Waals surface area contributed by atoms with Crippen LogP contribution in [0.4, 0.5) is 11.4 Å². The van der Waals surface area contributed by atoms with Crippen LogP contribution in [0.2, 0.25) is 0 Å². The maximum absolute atomic E-state index is 12.9. The monoisotopic (exact) mass is 437 g/mol. The number of carbonyl (C=O) groups excluding carboxylic acids is 1. The maximum Gasteiger partial charge on any atom is 0.265 e. The van der Waals surface area contributed by atoms with Crippen molar-refractivity contribution in [2.24, 2.45) is 5.41 Å². The number of nitrogens with zero attached hydrogens (tertiary/aromatic N) is 4. The van der Waals surface area contributed by atoms with E-state index < -0.39 is 0 Å². The van der Waals surface area contributed by atoms with Crippen molar-refractivity contribution in [1.29, 1.82) is 5.26 Å². The Morgan fingerprint density at radius 3 is 2.71 bits per heavy atom. The Kier molecular flexibility index (Phi) is 5.73. The summed E-state index contributed by atoms with van der Waals surface area (Å²) >= 11 is 1.45. The van der Waals surface area contributed by atoms with Crippen LogP contribution in [0, 0.1) is 23.7 Å². The minimum absolute atomic E-state index is 0.0910. The van der Waals surface area contributed by atoms with E-state index in [2.05, 4.69) is 42.2 Å². The molecule has 7 nitrogen and oxygen atoms in total. The first-order chi connectivity index (χ1) is 14.7. The number of nitriles is 1. The lowest BCUT2D eigenvalue weighted by Crippen LogP contribution is -2.36. The van der Waals surface area contributed by atoms with Crippen LogP contribution in [-0.2, 0) is 11.3 Å². The van der Waals surface area contributed by atoms with E-state index in [9.17, 15) is 10.1 Å². The molecule has 0 aliphatic carbocycles. The van der Waals surface area contributed by atoms with Gasteiger partial charge in [-0.1, -0.05) is 20.8 Å². The van der Waals surface area contributed by atoms with E-state index in [0.29, 0.717) is 29.3 Å². The topological polar surface area (TPSA) is 83.2 Å². The summed E-state index contributed by atoms with van der Waals surface area (Å²) in [6, 6.07) is 9.65. The smallest absolute Gasteiger partial charge is 0.265 e. The number of nitrogens with one attached hydrogen (secondary N) is 1. The highest BCUT2D eigenvalue weighted by molar-refractivity contribution is 7.20. The van der Waals surface area contributed by atoms with Crippen molar-refractivity contribution < 1.29 is 9.53 Å². The van der Waals surface area contributed by atoms with Crippen molar-refractivity contribution in [3.05, 3.63) is 40.4 Å². The molecule has 162 valence electrons. The molecule has 0 saturated carbocycles. The summed E-state index contributed by atoms with van der Waals surface area (Å²) in [7, 11) is 0. The van der Waals surface area contributed by atoms with Crippen LogP contribution >= 0.6 is 11.3 Å². The highest BCUT2D eigenvalue weighted by Crippen LogP contribution is 2.31. The number of amides is 1. The van der Waals surface area contributed by atoms with Gasteiger partial charge in [0.05, 0.1) is 35.0 Å². The van der Waals surface area contributed by atoms with Crippen LogP contribution in [0.3, 0.4) is 0 Å². The Morgan fingerprint density at radius 1 is 1.29 bits per heavy atom. The lowest BCUT2D eigenvalue weighted by molar-refractivity contribution is 0.103. The second-order valence-electron chi connectivity index (χ2n) is 9.03. The van der Waals surface area contributed by atoms with Gasteiger partial charge < -0.3 is 15.0 Å². The highest BCUT2D eigenvalue weighted by atomic mass is 32.1. The van der Waals surface area contributed by atoms with Gasteiger partial charge in [0, 0.05) is 30.7 Å². The summed E-state index contributed by atoms with van der Waals surface area (Å²) in [5.41, 5.74) is 3.06. The summed E-state index contributed by atoms with van der Waals surface area (Å²) in [6.45, 7) is 12.1. The molecule has 3 heterocycles. The number of ether oxygens (including phenoxy) is 1. The molecule has 1 aromatic carbocycles. The molecule has 0 radical (unpaired) electrons. The van der Waals surface area contributed by atoms with Crippen molar-refractivity contribution in [3.63, 3.8) is 0 Å². The SMILES string of the molecule is Cc1nn(CC(C)(C)C)c2sc(C(=O)Nc3ccc(N4CCOCC4)c(C#N)c3)cc12. The quantitative estimate of drug-likeness (QED) is 0.654. The van der Waals surface area contributed by atoms with Gasteiger partial charge in [0.2, 0.25) is 0 Å². The van der Waals surface area contributed by atoms with E-state index in [4.69, 9.17) is 4.74 Å². The fourth-order valence-electron chi connectivity index (χ4n) is 3.76. The third-order valence-corrected chi connectivity index (χ3v) is 6.33. The number of anilines is 2. The molecule has 8 heteroatoms. The van der Waals surface area contributed by atoms with E-state index in [0.717, 1.165) is 41.2 Å². The average molecular weight is 438 g/mol. The number of aromatic nitrogens is 2. The molecule has 31 heavy (non-hydrogen) atoms. The van der Waals surface area contributed by atoms with Crippen LogP contribution in [0.15, 0.2) is 24.3 Å². The van der Waals surface area contributed by atoms with Gasteiger partial charge >= 0.3 is 0 Å². The van der Waals surface area contributed by atoms with Gasteiger partial charge in [-0.05, 0) is 36.6 Å². The van der Waals surface area contributed by atoms with Crippen LogP contribution < -0.4 is 10.2 Å². The van der Waals surface area contributed by atoms with Crippen molar-refractivity contribution in [2.45, 2.75) is 34.2 Å². The summed E-state index contributed by atoms with van der Waals surface area (Å²) in [5.74, 6) is -0.175. The average Bonchev–Trinajstić information content (AvgIpc) is 3.29. The molecule has 1 N–H and O–H groups in total. The Hall–Kier alpha value is -2.89. The van der Waals surface area contributed by atoms with Gasteiger partial charge in [-0.3, -0.25) is 9.48 Å². The first-order valence-electron chi connectivity index (χ1n) is 10.4. The lowest BCUT2D eigenvalue weighted by Gasteiger charge is -2.29. The maximum atomic E-state index is 12.9. The third kappa shape index (κ3) is 4.58. The Labute approximate surface area is 186 Å². The zero-order valence-corrected chi connectivity index (χ0v) is 19.2. The number of hydrogen-bond acceptors (Lipinski definition) is 6. The number of morpholine rings is 1. The first-order valence-corrected chi connectivity index (χ1v) is 11.2. The van der Waals surface area contributed by atoms with Crippen molar-refractivity contribution >= 4 is 38.8 Å². The second-order valence-corrected chi connectivity index (χ2v) is 10.1. The predicted molar refractivity (Wildman–Crippen MR) is 124 cm³/mol. The summed E-state index contributed by atoms with van der Waals surface area (Å²) in [4.78, 5) is 16.7. The number of rotatable bonds is 4. The van der Waals surface area contributed by atoms with Gasteiger partial charge in [0.15, 0.2) is 0 Å². The highest BCUT2D eigenvalue weighted by Gasteiger charge is 2.21. The minimum atomic E-state index is -0.175. The van der Waals surface area contributed by atoms with Gasteiger partial charge in [-0.25, -0.2) is 0 Å². The molecule has 2 aromatic heterocycles. The molecule has 1 amide bonds.